The highest BCUT2D eigenvalue weighted by molar-refractivity contribution is 5.81. The van der Waals surface area contributed by atoms with Crippen LogP contribution < -0.4 is 9.80 Å². The van der Waals surface area contributed by atoms with Gasteiger partial charge in [-0.3, -0.25) is 4.98 Å². The third-order valence-electron chi connectivity index (χ3n) is 8.93. The normalized spacial score (nSPS) is 10.8. The molecule has 1 aromatic heterocycles. The molecule has 0 saturated heterocycles. The van der Waals surface area contributed by atoms with E-state index in [1.807, 2.05) is 24.5 Å². The Hall–Kier alpha value is -6.71. The highest BCUT2D eigenvalue weighted by Crippen LogP contribution is 2.37. The molecule has 0 aliphatic heterocycles. The van der Waals surface area contributed by atoms with Crippen LogP contribution in [0.15, 0.2) is 213 Å². The van der Waals surface area contributed by atoms with Gasteiger partial charge in [-0.25, -0.2) is 0 Å². The zero-order chi connectivity index (χ0) is 33.5. The maximum Gasteiger partial charge on any atom is 0.0462 e. The van der Waals surface area contributed by atoms with E-state index < -0.39 is 0 Å². The SMILES string of the molecule is c1ccc(N(c2ccccc2)c2ccc(-c3ccc(-c4cncc(-c5ccc(N(c6ccccc6)c6ccccc6)cc5)c4)cc3)cc2)cc1. The predicted octanol–water partition coefficient (Wildman–Crippen LogP) is 13.0. The molecular weight excluding hydrogens is 607 g/mol. The summed E-state index contributed by atoms with van der Waals surface area (Å²) in [6.45, 7) is 0. The number of hydrogen-bond acceptors (Lipinski definition) is 3. The third-order valence-corrected chi connectivity index (χ3v) is 8.93. The van der Waals surface area contributed by atoms with Gasteiger partial charge in [-0.05, 0) is 101 Å². The second-order valence-electron chi connectivity index (χ2n) is 12.1. The Morgan fingerprint density at radius 2 is 0.480 bits per heavy atom. The fourth-order valence-electron chi connectivity index (χ4n) is 6.42. The first-order valence-electron chi connectivity index (χ1n) is 16.9. The Bertz CT molecular complexity index is 2190. The molecule has 0 atom stereocenters. The molecule has 0 aliphatic carbocycles. The van der Waals surface area contributed by atoms with E-state index in [0.717, 1.165) is 56.4 Å². The van der Waals surface area contributed by atoms with E-state index in [1.165, 1.54) is 11.1 Å². The summed E-state index contributed by atoms with van der Waals surface area (Å²) in [6.07, 6.45) is 3.88. The first-order chi connectivity index (χ1) is 24.8. The minimum atomic E-state index is 1.08. The zero-order valence-electron chi connectivity index (χ0n) is 27.5. The molecule has 0 bridgehead atoms. The molecule has 8 aromatic rings. The standard InChI is InChI=1S/C47H35N3/c1-5-13-42(14-6-1)49(43-15-7-2-8-16-43)46-29-25-37(26-30-46)36-21-23-38(24-22-36)40-33-41(35-48-34-40)39-27-31-47(32-28-39)50(44-17-9-3-10-18-44)45-19-11-4-12-20-45/h1-35H. The zero-order valence-corrected chi connectivity index (χ0v) is 27.5. The maximum atomic E-state index is 4.63. The minimum absolute atomic E-state index is 1.08. The fourth-order valence-corrected chi connectivity index (χ4v) is 6.42. The van der Waals surface area contributed by atoms with E-state index >= 15 is 0 Å². The molecule has 7 aromatic carbocycles. The predicted molar refractivity (Wildman–Crippen MR) is 210 cm³/mol. The fraction of sp³-hybridized carbons (Fsp3) is 0. The highest BCUT2D eigenvalue weighted by atomic mass is 15.1. The average Bonchev–Trinajstić information content (AvgIpc) is 3.20. The van der Waals surface area contributed by atoms with Crippen LogP contribution in [0.4, 0.5) is 34.1 Å². The van der Waals surface area contributed by atoms with Gasteiger partial charge in [0, 0.05) is 57.6 Å². The van der Waals surface area contributed by atoms with Gasteiger partial charge >= 0.3 is 0 Å². The van der Waals surface area contributed by atoms with Crippen LogP contribution in [0.1, 0.15) is 0 Å². The molecule has 0 spiro atoms. The van der Waals surface area contributed by atoms with Crippen LogP contribution >= 0.6 is 0 Å². The van der Waals surface area contributed by atoms with Gasteiger partial charge in [0.1, 0.15) is 0 Å². The lowest BCUT2D eigenvalue weighted by Crippen LogP contribution is -2.09. The van der Waals surface area contributed by atoms with E-state index in [-0.39, 0.29) is 0 Å². The summed E-state index contributed by atoms with van der Waals surface area (Å²) < 4.78 is 0. The van der Waals surface area contributed by atoms with Crippen molar-refractivity contribution in [2.75, 3.05) is 9.80 Å². The summed E-state index contributed by atoms with van der Waals surface area (Å²) >= 11 is 0. The third kappa shape index (κ3) is 6.53. The molecule has 3 nitrogen and oxygen atoms in total. The number of benzene rings is 7. The van der Waals surface area contributed by atoms with Crippen molar-refractivity contribution in [2.45, 2.75) is 0 Å². The quantitative estimate of drug-likeness (QED) is 0.156. The molecule has 0 N–H and O–H groups in total. The number of anilines is 6. The van der Waals surface area contributed by atoms with Crippen LogP contribution in [0, 0.1) is 0 Å². The van der Waals surface area contributed by atoms with Gasteiger partial charge in [0.2, 0.25) is 0 Å². The van der Waals surface area contributed by atoms with Gasteiger partial charge in [-0.15, -0.1) is 0 Å². The lowest BCUT2D eigenvalue weighted by atomic mass is 9.98. The summed E-state index contributed by atoms with van der Waals surface area (Å²) in [7, 11) is 0. The highest BCUT2D eigenvalue weighted by Gasteiger charge is 2.14. The molecule has 238 valence electrons. The molecule has 1 heterocycles. The van der Waals surface area contributed by atoms with Gasteiger partial charge in [-0.2, -0.15) is 0 Å². The number of para-hydroxylation sites is 4. The molecule has 50 heavy (non-hydrogen) atoms. The lowest BCUT2D eigenvalue weighted by Gasteiger charge is -2.25. The number of hydrogen-bond donors (Lipinski definition) is 0. The van der Waals surface area contributed by atoms with Crippen LogP contribution in [0.2, 0.25) is 0 Å². The average molecular weight is 642 g/mol. The van der Waals surface area contributed by atoms with Gasteiger partial charge in [0.25, 0.3) is 0 Å². The summed E-state index contributed by atoms with van der Waals surface area (Å²) in [5.41, 5.74) is 13.5. The minimum Gasteiger partial charge on any atom is -0.311 e. The second-order valence-corrected chi connectivity index (χ2v) is 12.1. The molecule has 0 saturated carbocycles. The van der Waals surface area contributed by atoms with Gasteiger partial charge in [-0.1, -0.05) is 121 Å². The molecule has 0 radical (unpaired) electrons. The summed E-state index contributed by atoms with van der Waals surface area (Å²) in [6, 6.07) is 70.4. The molecular formula is C47H35N3. The van der Waals surface area contributed by atoms with E-state index in [1.54, 1.807) is 0 Å². The van der Waals surface area contributed by atoms with Crippen molar-refractivity contribution in [3.8, 4) is 33.4 Å². The topological polar surface area (TPSA) is 19.4 Å². The Labute approximate surface area is 294 Å². The Balaban J connectivity index is 1.02. The molecule has 0 aliphatic rings. The van der Waals surface area contributed by atoms with Crippen LogP contribution in [0.5, 0.6) is 0 Å². The van der Waals surface area contributed by atoms with Crippen LogP contribution in [-0.2, 0) is 0 Å². The summed E-state index contributed by atoms with van der Waals surface area (Å²) in [5.74, 6) is 0. The molecule has 8 rings (SSSR count). The van der Waals surface area contributed by atoms with Gasteiger partial charge < -0.3 is 9.80 Å². The number of pyridine rings is 1. The van der Waals surface area contributed by atoms with Crippen molar-refractivity contribution in [3.63, 3.8) is 0 Å². The molecule has 0 fully saturated rings. The van der Waals surface area contributed by atoms with Crippen molar-refractivity contribution in [2.24, 2.45) is 0 Å². The lowest BCUT2D eigenvalue weighted by molar-refractivity contribution is 1.28. The van der Waals surface area contributed by atoms with Crippen molar-refractivity contribution in [1.29, 1.82) is 0 Å². The molecule has 3 heteroatoms. The van der Waals surface area contributed by atoms with E-state index in [2.05, 4.69) is 203 Å². The number of aromatic nitrogens is 1. The Morgan fingerprint density at radius 3 is 0.780 bits per heavy atom. The molecule has 0 amide bonds. The maximum absolute atomic E-state index is 4.63. The first-order valence-corrected chi connectivity index (χ1v) is 16.9. The first kappa shape index (κ1) is 30.6. The van der Waals surface area contributed by atoms with E-state index in [9.17, 15) is 0 Å². The van der Waals surface area contributed by atoms with E-state index in [4.69, 9.17) is 0 Å². The van der Waals surface area contributed by atoms with Gasteiger partial charge in [0.15, 0.2) is 0 Å². The van der Waals surface area contributed by atoms with Crippen molar-refractivity contribution in [3.05, 3.63) is 213 Å². The number of rotatable bonds is 9. The van der Waals surface area contributed by atoms with Crippen LogP contribution in [-0.4, -0.2) is 4.98 Å². The van der Waals surface area contributed by atoms with Crippen LogP contribution in [0.3, 0.4) is 0 Å². The Morgan fingerprint density at radius 1 is 0.240 bits per heavy atom. The Kier molecular flexibility index (Phi) is 8.69. The number of nitrogens with zero attached hydrogens (tertiary/aromatic N) is 3. The van der Waals surface area contributed by atoms with Crippen molar-refractivity contribution < 1.29 is 0 Å². The molecule has 0 unspecified atom stereocenters. The summed E-state index contributed by atoms with van der Waals surface area (Å²) in [5, 5.41) is 0. The monoisotopic (exact) mass is 641 g/mol. The smallest absolute Gasteiger partial charge is 0.0462 e. The summed E-state index contributed by atoms with van der Waals surface area (Å²) in [4.78, 5) is 9.19. The van der Waals surface area contributed by atoms with Crippen molar-refractivity contribution >= 4 is 34.1 Å². The van der Waals surface area contributed by atoms with Crippen LogP contribution in [0.25, 0.3) is 33.4 Å². The second kappa shape index (κ2) is 14.2. The largest absolute Gasteiger partial charge is 0.311 e. The van der Waals surface area contributed by atoms with E-state index in [0.29, 0.717) is 0 Å². The van der Waals surface area contributed by atoms with Gasteiger partial charge in [0.05, 0.1) is 0 Å². The van der Waals surface area contributed by atoms with Crippen molar-refractivity contribution in [1.82, 2.24) is 4.98 Å².